The molecule has 0 aromatic heterocycles. The lowest BCUT2D eigenvalue weighted by Crippen LogP contribution is -2.43. The van der Waals surface area contributed by atoms with Gasteiger partial charge in [0.1, 0.15) is 5.75 Å². The minimum absolute atomic E-state index is 0.0918. The van der Waals surface area contributed by atoms with Gasteiger partial charge in [0.15, 0.2) is 0 Å². The van der Waals surface area contributed by atoms with Crippen molar-refractivity contribution in [2.24, 2.45) is 0 Å². The molecule has 3 rings (SSSR count). The summed E-state index contributed by atoms with van der Waals surface area (Å²) in [6.07, 6.45) is 0. The highest BCUT2D eigenvalue weighted by molar-refractivity contribution is 6.30. The fourth-order valence-electron chi connectivity index (χ4n) is 3.60. The summed E-state index contributed by atoms with van der Waals surface area (Å²) >= 11 is 6.08. The van der Waals surface area contributed by atoms with Crippen LogP contribution in [0.1, 0.15) is 30.9 Å². The molecule has 0 spiro atoms. The molecule has 2 aromatic rings. The standard InChI is InChI=1S/C22H28ClNO3/c1-3-27-20-10-6-18(7-11-20)22(2,25)21(16-24-12-14-26-15-13-24)17-4-8-19(23)9-5-17/h4-11,21,25H,3,12-16H2,1-2H3/t21-,22+/m1/s1. The van der Waals surface area contributed by atoms with Crippen molar-refractivity contribution in [3.8, 4) is 5.75 Å². The minimum atomic E-state index is -1.03. The third-order valence-corrected chi connectivity index (χ3v) is 5.50. The van der Waals surface area contributed by atoms with Crippen molar-refractivity contribution in [2.45, 2.75) is 25.4 Å². The van der Waals surface area contributed by atoms with Gasteiger partial charge in [-0.15, -0.1) is 0 Å². The van der Waals surface area contributed by atoms with Gasteiger partial charge in [0.2, 0.25) is 0 Å². The third-order valence-electron chi connectivity index (χ3n) is 5.25. The number of nitrogens with zero attached hydrogens (tertiary/aromatic N) is 1. The number of morpholine rings is 1. The van der Waals surface area contributed by atoms with E-state index in [1.807, 2.05) is 62.4 Å². The molecule has 0 radical (unpaired) electrons. The summed E-state index contributed by atoms with van der Waals surface area (Å²) in [5.74, 6) is 0.721. The van der Waals surface area contributed by atoms with E-state index in [2.05, 4.69) is 4.90 Å². The van der Waals surface area contributed by atoms with Crippen LogP contribution in [0.3, 0.4) is 0 Å². The summed E-state index contributed by atoms with van der Waals surface area (Å²) < 4.78 is 11.0. The first kappa shape index (κ1) is 20.2. The van der Waals surface area contributed by atoms with E-state index in [4.69, 9.17) is 21.1 Å². The molecule has 0 amide bonds. The van der Waals surface area contributed by atoms with Gasteiger partial charge in [-0.1, -0.05) is 35.9 Å². The van der Waals surface area contributed by atoms with Gasteiger partial charge in [0.25, 0.3) is 0 Å². The zero-order valence-electron chi connectivity index (χ0n) is 16.0. The number of benzene rings is 2. The summed E-state index contributed by atoms with van der Waals surface area (Å²) in [6.45, 7) is 8.46. The quantitative estimate of drug-likeness (QED) is 0.775. The molecule has 4 nitrogen and oxygen atoms in total. The van der Waals surface area contributed by atoms with Crippen molar-refractivity contribution in [2.75, 3.05) is 39.5 Å². The van der Waals surface area contributed by atoms with Crippen LogP contribution in [0.25, 0.3) is 0 Å². The second kappa shape index (κ2) is 9.07. The number of ether oxygens (including phenoxy) is 2. The van der Waals surface area contributed by atoms with Crippen LogP contribution in [0.5, 0.6) is 5.75 Å². The van der Waals surface area contributed by atoms with Crippen LogP contribution in [-0.2, 0) is 10.3 Å². The van der Waals surface area contributed by atoms with Gasteiger partial charge >= 0.3 is 0 Å². The van der Waals surface area contributed by atoms with E-state index in [9.17, 15) is 5.11 Å². The van der Waals surface area contributed by atoms with Crippen LogP contribution in [0, 0.1) is 0 Å². The maximum Gasteiger partial charge on any atom is 0.119 e. The Hall–Kier alpha value is -1.59. The van der Waals surface area contributed by atoms with Crippen molar-refractivity contribution >= 4 is 11.6 Å². The molecule has 0 unspecified atom stereocenters. The van der Waals surface area contributed by atoms with Gasteiger partial charge < -0.3 is 14.6 Å². The SMILES string of the molecule is CCOc1ccc([C@](C)(O)[C@H](CN2CCOCC2)c2ccc(Cl)cc2)cc1. The Labute approximate surface area is 166 Å². The van der Waals surface area contributed by atoms with Crippen molar-refractivity contribution in [1.29, 1.82) is 0 Å². The first-order valence-corrected chi connectivity index (χ1v) is 9.89. The van der Waals surface area contributed by atoms with Gasteiger partial charge in [0, 0.05) is 30.6 Å². The predicted molar refractivity (Wildman–Crippen MR) is 109 cm³/mol. The maximum absolute atomic E-state index is 11.6. The largest absolute Gasteiger partial charge is 0.494 e. The van der Waals surface area contributed by atoms with Gasteiger partial charge in [-0.3, -0.25) is 4.90 Å². The summed E-state index contributed by atoms with van der Waals surface area (Å²) in [5.41, 5.74) is 0.917. The Morgan fingerprint density at radius 1 is 1.11 bits per heavy atom. The van der Waals surface area contributed by atoms with Crippen LogP contribution < -0.4 is 4.74 Å². The normalized spacial score (nSPS) is 18.7. The lowest BCUT2D eigenvalue weighted by atomic mass is 9.78. The van der Waals surface area contributed by atoms with E-state index in [0.29, 0.717) is 11.6 Å². The highest BCUT2D eigenvalue weighted by Gasteiger charge is 2.36. The van der Waals surface area contributed by atoms with Crippen molar-refractivity contribution < 1.29 is 14.6 Å². The second-order valence-corrected chi connectivity index (χ2v) is 7.56. The Bertz CT molecular complexity index is 709. The number of hydrogen-bond acceptors (Lipinski definition) is 4. The number of aliphatic hydroxyl groups is 1. The third kappa shape index (κ3) is 5.02. The monoisotopic (exact) mass is 389 g/mol. The molecule has 0 aliphatic carbocycles. The first-order chi connectivity index (χ1) is 13.0. The van der Waals surface area contributed by atoms with Crippen molar-refractivity contribution in [3.05, 3.63) is 64.7 Å². The molecule has 2 aromatic carbocycles. The molecule has 2 atom stereocenters. The van der Waals surface area contributed by atoms with Crippen LogP contribution in [0.2, 0.25) is 5.02 Å². The zero-order valence-corrected chi connectivity index (χ0v) is 16.8. The molecule has 1 fully saturated rings. The Kier molecular flexibility index (Phi) is 6.77. The molecular weight excluding hydrogens is 362 g/mol. The van der Waals surface area contributed by atoms with Gasteiger partial charge in [0.05, 0.1) is 25.4 Å². The lowest BCUT2D eigenvalue weighted by molar-refractivity contribution is -0.0107. The molecule has 1 aliphatic heterocycles. The molecule has 1 aliphatic rings. The Balaban J connectivity index is 1.90. The average molecular weight is 390 g/mol. The molecule has 0 saturated carbocycles. The second-order valence-electron chi connectivity index (χ2n) is 7.12. The van der Waals surface area contributed by atoms with Gasteiger partial charge in [-0.25, -0.2) is 0 Å². The van der Waals surface area contributed by atoms with Crippen LogP contribution >= 0.6 is 11.6 Å². The molecule has 146 valence electrons. The van der Waals surface area contributed by atoms with Crippen molar-refractivity contribution in [3.63, 3.8) is 0 Å². The molecule has 5 heteroatoms. The van der Waals surface area contributed by atoms with E-state index in [1.54, 1.807) is 0 Å². The summed E-state index contributed by atoms with van der Waals surface area (Å²) in [4.78, 5) is 2.35. The molecule has 1 heterocycles. The molecule has 27 heavy (non-hydrogen) atoms. The van der Waals surface area contributed by atoms with E-state index in [0.717, 1.165) is 49.7 Å². The molecule has 1 N–H and O–H groups in total. The fraction of sp³-hybridized carbons (Fsp3) is 0.455. The number of halogens is 1. The van der Waals surface area contributed by atoms with E-state index in [-0.39, 0.29) is 5.92 Å². The van der Waals surface area contributed by atoms with Crippen LogP contribution in [0.15, 0.2) is 48.5 Å². The van der Waals surface area contributed by atoms with E-state index < -0.39 is 5.60 Å². The van der Waals surface area contributed by atoms with Crippen LogP contribution in [0.4, 0.5) is 0 Å². The van der Waals surface area contributed by atoms with E-state index in [1.165, 1.54) is 0 Å². The van der Waals surface area contributed by atoms with Crippen LogP contribution in [-0.4, -0.2) is 49.5 Å². The molecule has 0 bridgehead atoms. The molecule has 1 saturated heterocycles. The van der Waals surface area contributed by atoms with Crippen molar-refractivity contribution in [1.82, 2.24) is 4.90 Å². The highest BCUT2D eigenvalue weighted by atomic mass is 35.5. The topological polar surface area (TPSA) is 41.9 Å². The first-order valence-electron chi connectivity index (χ1n) is 9.52. The lowest BCUT2D eigenvalue weighted by Gasteiger charge is -2.38. The van der Waals surface area contributed by atoms with Gasteiger partial charge in [-0.2, -0.15) is 0 Å². The predicted octanol–water partition coefficient (Wildman–Crippen LogP) is 4.06. The minimum Gasteiger partial charge on any atom is -0.494 e. The Morgan fingerprint density at radius 2 is 1.74 bits per heavy atom. The summed E-state index contributed by atoms with van der Waals surface area (Å²) in [7, 11) is 0. The van der Waals surface area contributed by atoms with E-state index >= 15 is 0 Å². The number of hydrogen-bond donors (Lipinski definition) is 1. The smallest absolute Gasteiger partial charge is 0.119 e. The highest BCUT2D eigenvalue weighted by Crippen LogP contribution is 2.38. The summed E-state index contributed by atoms with van der Waals surface area (Å²) in [6, 6.07) is 15.5. The molecular formula is C22H28ClNO3. The number of rotatable bonds is 7. The Morgan fingerprint density at radius 3 is 2.33 bits per heavy atom. The zero-order chi connectivity index (χ0) is 19.3. The summed E-state index contributed by atoms with van der Waals surface area (Å²) in [5, 5.41) is 12.3. The fourth-order valence-corrected chi connectivity index (χ4v) is 3.73. The maximum atomic E-state index is 11.6. The van der Waals surface area contributed by atoms with Gasteiger partial charge in [-0.05, 0) is 49.2 Å². The average Bonchev–Trinajstić information content (AvgIpc) is 2.68.